The molecule has 0 bridgehead atoms. The summed E-state index contributed by atoms with van der Waals surface area (Å²) in [5.41, 5.74) is 2.84. The molecule has 0 aliphatic carbocycles. The Morgan fingerprint density at radius 1 is 1.42 bits per heavy atom. The number of methoxy groups -OCH3 is 1. The van der Waals surface area contributed by atoms with E-state index in [2.05, 4.69) is 35.3 Å². The van der Waals surface area contributed by atoms with Crippen molar-refractivity contribution in [1.29, 1.82) is 0 Å². The number of rotatable bonds is 5. The topological polar surface area (TPSA) is 52.0 Å². The van der Waals surface area contributed by atoms with Crippen LogP contribution in [0, 0.1) is 6.92 Å². The van der Waals surface area contributed by atoms with Crippen molar-refractivity contribution in [2.24, 2.45) is 7.05 Å². The van der Waals surface area contributed by atoms with Gasteiger partial charge in [-0.3, -0.25) is 4.68 Å². The molecule has 5 nitrogen and oxygen atoms in total. The van der Waals surface area contributed by atoms with Crippen LogP contribution in [0.2, 0.25) is 0 Å². The number of anilines is 1. The fourth-order valence-corrected chi connectivity index (χ4v) is 2.01. The van der Waals surface area contributed by atoms with E-state index < -0.39 is 0 Å². The van der Waals surface area contributed by atoms with Gasteiger partial charge in [0.05, 0.1) is 23.2 Å². The second kappa shape index (κ2) is 5.17. The van der Waals surface area contributed by atoms with Crippen LogP contribution in [0.25, 0.3) is 11.0 Å². The summed E-state index contributed by atoms with van der Waals surface area (Å²) in [6.45, 7) is 7.03. The number of nitrogens with zero attached hydrogens (tertiary/aromatic N) is 3. The molecule has 2 rings (SSSR count). The largest absolute Gasteiger partial charge is 0.384 e. The van der Waals surface area contributed by atoms with E-state index in [1.54, 1.807) is 7.11 Å². The molecule has 19 heavy (non-hydrogen) atoms. The lowest BCUT2D eigenvalue weighted by Crippen LogP contribution is -2.25. The maximum Gasteiger partial charge on any atom is 0.157 e. The van der Waals surface area contributed by atoms with E-state index in [0.717, 1.165) is 35.4 Å². The number of fused-ring (bicyclic) bond motifs is 1. The second-order valence-electron chi connectivity index (χ2n) is 5.44. The number of aryl methyl sites for hydroxylation is 2. The zero-order valence-electron chi connectivity index (χ0n) is 12.3. The average Bonchev–Trinajstić information content (AvgIpc) is 2.65. The highest BCUT2D eigenvalue weighted by Crippen LogP contribution is 2.20. The molecule has 0 aliphatic rings. The van der Waals surface area contributed by atoms with Gasteiger partial charge in [0.25, 0.3) is 0 Å². The van der Waals surface area contributed by atoms with E-state index in [1.807, 2.05) is 24.9 Å². The molecule has 104 valence electrons. The van der Waals surface area contributed by atoms with Gasteiger partial charge in [-0.15, -0.1) is 0 Å². The van der Waals surface area contributed by atoms with Crippen LogP contribution in [-0.2, 0) is 11.8 Å². The monoisotopic (exact) mass is 262 g/mol. The minimum atomic E-state index is -0.102. The molecular formula is C14H22N4O. The van der Waals surface area contributed by atoms with Gasteiger partial charge in [-0.1, -0.05) is 0 Å². The molecule has 1 N–H and O–H groups in total. The van der Waals surface area contributed by atoms with Gasteiger partial charge in [0.15, 0.2) is 5.65 Å². The Balaban J connectivity index is 2.08. The third-order valence-corrected chi connectivity index (χ3v) is 3.47. The standard InChI is InChI=1S/C14H22N4O/c1-10-12-8-11(9-16-13(12)18(4)17-10)15-7-6-14(2,3)19-5/h8-9,15H,6-7H2,1-5H3. The number of hydrogen-bond acceptors (Lipinski definition) is 4. The Hall–Kier alpha value is -1.62. The third-order valence-electron chi connectivity index (χ3n) is 3.47. The summed E-state index contributed by atoms with van der Waals surface area (Å²) in [5.74, 6) is 0. The molecule has 0 aliphatic heterocycles. The van der Waals surface area contributed by atoms with Crippen LogP contribution in [0.3, 0.4) is 0 Å². The lowest BCUT2D eigenvalue weighted by molar-refractivity contribution is 0.0185. The predicted octanol–water partition coefficient (Wildman–Crippen LogP) is 2.50. The van der Waals surface area contributed by atoms with E-state index in [-0.39, 0.29) is 5.60 Å². The SMILES string of the molecule is COC(C)(C)CCNc1cnc2c(c1)c(C)nn2C. The quantitative estimate of drug-likeness (QED) is 0.899. The molecule has 0 saturated heterocycles. The van der Waals surface area contributed by atoms with Crippen LogP contribution in [-0.4, -0.2) is 34.0 Å². The maximum absolute atomic E-state index is 5.40. The Kier molecular flexibility index (Phi) is 3.75. The third kappa shape index (κ3) is 3.04. The van der Waals surface area contributed by atoms with E-state index in [4.69, 9.17) is 4.74 Å². The Bertz CT molecular complexity index is 574. The van der Waals surface area contributed by atoms with E-state index in [1.165, 1.54) is 0 Å². The maximum atomic E-state index is 5.40. The normalized spacial score (nSPS) is 12.1. The fourth-order valence-electron chi connectivity index (χ4n) is 2.01. The highest BCUT2D eigenvalue weighted by Gasteiger charge is 2.15. The van der Waals surface area contributed by atoms with Crippen LogP contribution in [0.1, 0.15) is 26.0 Å². The Morgan fingerprint density at radius 2 is 2.16 bits per heavy atom. The highest BCUT2D eigenvalue weighted by molar-refractivity contribution is 5.81. The number of ether oxygens (including phenoxy) is 1. The van der Waals surface area contributed by atoms with E-state index in [0.29, 0.717) is 0 Å². The molecule has 2 aromatic rings. The molecule has 2 aromatic heterocycles. The lowest BCUT2D eigenvalue weighted by atomic mass is 10.1. The first-order valence-electron chi connectivity index (χ1n) is 6.51. The fraction of sp³-hybridized carbons (Fsp3) is 0.571. The molecule has 5 heteroatoms. The first-order chi connectivity index (χ1) is 8.93. The first kappa shape index (κ1) is 13.8. The minimum Gasteiger partial charge on any atom is -0.384 e. The minimum absolute atomic E-state index is 0.102. The first-order valence-corrected chi connectivity index (χ1v) is 6.51. The van der Waals surface area contributed by atoms with Crippen molar-refractivity contribution in [3.63, 3.8) is 0 Å². The van der Waals surface area contributed by atoms with Crippen LogP contribution in [0.5, 0.6) is 0 Å². The number of aromatic nitrogens is 3. The molecular weight excluding hydrogens is 240 g/mol. The van der Waals surface area contributed by atoms with Crippen molar-refractivity contribution < 1.29 is 4.74 Å². The second-order valence-corrected chi connectivity index (χ2v) is 5.44. The number of hydrogen-bond donors (Lipinski definition) is 1. The summed E-state index contributed by atoms with van der Waals surface area (Å²) in [6.07, 6.45) is 2.79. The summed E-state index contributed by atoms with van der Waals surface area (Å²) in [7, 11) is 3.66. The molecule has 0 radical (unpaired) electrons. The van der Waals surface area contributed by atoms with Crippen molar-refractivity contribution in [1.82, 2.24) is 14.8 Å². The molecule has 0 amide bonds. The molecule has 0 aromatic carbocycles. The van der Waals surface area contributed by atoms with Crippen molar-refractivity contribution in [3.8, 4) is 0 Å². The van der Waals surface area contributed by atoms with Crippen LogP contribution < -0.4 is 5.32 Å². The van der Waals surface area contributed by atoms with Crippen LogP contribution >= 0.6 is 0 Å². The molecule has 0 unspecified atom stereocenters. The molecule has 0 fully saturated rings. The number of nitrogens with one attached hydrogen (secondary N) is 1. The van der Waals surface area contributed by atoms with Crippen molar-refractivity contribution in [2.45, 2.75) is 32.8 Å². The summed E-state index contributed by atoms with van der Waals surface area (Å²) in [4.78, 5) is 4.44. The summed E-state index contributed by atoms with van der Waals surface area (Å²) >= 11 is 0. The predicted molar refractivity (Wildman–Crippen MR) is 77.4 cm³/mol. The summed E-state index contributed by atoms with van der Waals surface area (Å²) < 4.78 is 7.21. The smallest absolute Gasteiger partial charge is 0.157 e. The van der Waals surface area contributed by atoms with Gasteiger partial charge in [0.2, 0.25) is 0 Å². The molecule has 0 saturated carbocycles. The highest BCUT2D eigenvalue weighted by atomic mass is 16.5. The van der Waals surface area contributed by atoms with Crippen molar-refractivity contribution in [2.75, 3.05) is 19.0 Å². The number of pyridine rings is 1. The van der Waals surface area contributed by atoms with Crippen molar-refractivity contribution in [3.05, 3.63) is 18.0 Å². The van der Waals surface area contributed by atoms with E-state index >= 15 is 0 Å². The molecule has 2 heterocycles. The summed E-state index contributed by atoms with van der Waals surface area (Å²) in [5, 5.41) is 8.85. The summed E-state index contributed by atoms with van der Waals surface area (Å²) in [6, 6.07) is 2.10. The zero-order chi connectivity index (χ0) is 14.0. The van der Waals surface area contributed by atoms with Crippen LogP contribution in [0.15, 0.2) is 12.3 Å². The molecule has 0 spiro atoms. The average molecular weight is 262 g/mol. The van der Waals surface area contributed by atoms with Gasteiger partial charge in [-0.05, 0) is 33.3 Å². The van der Waals surface area contributed by atoms with Crippen LogP contribution in [0.4, 0.5) is 5.69 Å². The van der Waals surface area contributed by atoms with Gasteiger partial charge in [-0.25, -0.2) is 4.98 Å². The van der Waals surface area contributed by atoms with Gasteiger partial charge >= 0.3 is 0 Å². The van der Waals surface area contributed by atoms with Gasteiger partial charge in [0.1, 0.15) is 0 Å². The van der Waals surface area contributed by atoms with E-state index in [9.17, 15) is 0 Å². The van der Waals surface area contributed by atoms with Gasteiger partial charge in [-0.2, -0.15) is 5.10 Å². The zero-order valence-corrected chi connectivity index (χ0v) is 12.3. The Labute approximate surface area is 114 Å². The Morgan fingerprint density at radius 3 is 2.84 bits per heavy atom. The lowest BCUT2D eigenvalue weighted by Gasteiger charge is -2.23. The molecule has 0 atom stereocenters. The van der Waals surface area contributed by atoms with Gasteiger partial charge in [0, 0.05) is 26.1 Å². The van der Waals surface area contributed by atoms with Crippen molar-refractivity contribution >= 4 is 16.7 Å². The van der Waals surface area contributed by atoms with Gasteiger partial charge < -0.3 is 10.1 Å².